The van der Waals surface area contributed by atoms with Gasteiger partial charge in [0.2, 0.25) is 0 Å². The van der Waals surface area contributed by atoms with Crippen molar-refractivity contribution in [2.45, 2.75) is 33.4 Å². The van der Waals surface area contributed by atoms with Crippen molar-refractivity contribution >= 4 is 22.9 Å². The smallest absolute Gasteiger partial charge is 0.140 e. The second kappa shape index (κ2) is 5.90. The fraction of sp³-hybridized carbons (Fsp3) is 0.357. The molecule has 0 amide bonds. The van der Waals surface area contributed by atoms with Crippen LogP contribution in [0.5, 0.6) is 5.75 Å². The molecule has 0 aliphatic carbocycles. The van der Waals surface area contributed by atoms with Gasteiger partial charge in [-0.2, -0.15) is 0 Å². The van der Waals surface area contributed by atoms with Gasteiger partial charge in [0, 0.05) is 10.9 Å². The average Bonchev–Trinajstić information content (AvgIpc) is 2.67. The maximum absolute atomic E-state index is 6.18. The summed E-state index contributed by atoms with van der Waals surface area (Å²) >= 11 is 7.83. The first-order valence-corrected chi connectivity index (χ1v) is 7.27. The summed E-state index contributed by atoms with van der Waals surface area (Å²) in [4.78, 5) is 5.65. The summed E-state index contributed by atoms with van der Waals surface area (Å²) in [5.74, 6) is 0.663. The number of hydrogen-bond donors (Lipinski definition) is 1. The third-order valence-electron chi connectivity index (χ3n) is 2.91. The Morgan fingerprint density at radius 3 is 2.68 bits per heavy atom. The molecular weight excluding hydrogens is 280 g/mol. The lowest BCUT2D eigenvalue weighted by Crippen LogP contribution is -2.05. The van der Waals surface area contributed by atoms with Crippen LogP contribution in [0.2, 0.25) is 5.02 Å². The number of halogens is 1. The summed E-state index contributed by atoms with van der Waals surface area (Å²) in [5, 5.41) is 1.54. The molecule has 2 rings (SSSR count). The number of nitrogens with two attached hydrogens (primary N) is 1. The summed E-state index contributed by atoms with van der Waals surface area (Å²) in [6.07, 6.45) is 0. The minimum absolute atomic E-state index is 0.0317. The zero-order valence-corrected chi connectivity index (χ0v) is 12.8. The number of ether oxygens (including phenoxy) is 1. The van der Waals surface area contributed by atoms with Crippen LogP contribution in [-0.4, -0.2) is 4.98 Å². The maximum Gasteiger partial charge on any atom is 0.140 e. The molecule has 1 aromatic heterocycles. The second-order valence-electron chi connectivity index (χ2n) is 4.52. The van der Waals surface area contributed by atoms with Crippen molar-refractivity contribution in [3.63, 3.8) is 0 Å². The van der Waals surface area contributed by atoms with Gasteiger partial charge in [0.15, 0.2) is 0 Å². The van der Waals surface area contributed by atoms with E-state index in [1.807, 2.05) is 32.0 Å². The van der Waals surface area contributed by atoms with E-state index in [2.05, 4.69) is 11.9 Å². The van der Waals surface area contributed by atoms with Crippen molar-refractivity contribution in [3.05, 3.63) is 44.4 Å². The molecule has 1 aromatic carbocycles. The third-order valence-corrected chi connectivity index (χ3v) is 4.25. The van der Waals surface area contributed by atoms with Crippen molar-refractivity contribution < 1.29 is 4.74 Å². The van der Waals surface area contributed by atoms with Crippen LogP contribution in [0.25, 0.3) is 0 Å². The topological polar surface area (TPSA) is 48.1 Å². The minimum atomic E-state index is -0.0317. The van der Waals surface area contributed by atoms with E-state index < -0.39 is 0 Å². The van der Waals surface area contributed by atoms with E-state index in [1.165, 1.54) is 4.88 Å². The summed E-state index contributed by atoms with van der Waals surface area (Å²) in [5.41, 5.74) is 7.87. The average molecular weight is 297 g/mol. The summed E-state index contributed by atoms with van der Waals surface area (Å²) in [7, 11) is 0. The van der Waals surface area contributed by atoms with Crippen molar-refractivity contribution in [2.75, 3.05) is 0 Å². The highest BCUT2D eigenvalue weighted by Gasteiger charge is 2.08. The number of aryl methyl sites for hydroxylation is 2. The van der Waals surface area contributed by atoms with Gasteiger partial charge in [-0.05, 0) is 38.5 Å². The van der Waals surface area contributed by atoms with E-state index in [-0.39, 0.29) is 6.04 Å². The van der Waals surface area contributed by atoms with E-state index in [1.54, 1.807) is 11.3 Å². The molecule has 3 nitrogen and oxygen atoms in total. The monoisotopic (exact) mass is 296 g/mol. The van der Waals surface area contributed by atoms with Crippen LogP contribution in [0.1, 0.15) is 34.1 Å². The number of aromatic nitrogens is 1. The Morgan fingerprint density at radius 2 is 2.16 bits per heavy atom. The van der Waals surface area contributed by atoms with Crippen LogP contribution in [0, 0.1) is 13.8 Å². The SMILES string of the molecule is Cc1nc(COc2ccc([C@H](C)N)cc2Cl)sc1C. The van der Waals surface area contributed by atoms with Gasteiger partial charge in [0.05, 0.1) is 10.7 Å². The standard InChI is InChI=1S/C14H17ClN2OS/c1-8(16)11-4-5-13(12(15)6-11)18-7-14-17-9(2)10(3)19-14/h4-6,8H,7,16H2,1-3H3/t8-/m0/s1. The van der Waals surface area contributed by atoms with Crippen LogP contribution in [0.3, 0.4) is 0 Å². The molecule has 0 saturated heterocycles. The first-order chi connectivity index (χ1) is 8.97. The minimum Gasteiger partial charge on any atom is -0.485 e. The van der Waals surface area contributed by atoms with Crippen LogP contribution in [-0.2, 0) is 6.61 Å². The largest absolute Gasteiger partial charge is 0.485 e. The zero-order chi connectivity index (χ0) is 14.0. The van der Waals surface area contributed by atoms with E-state index >= 15 is 0 Å². The predicted octanol–water partition coefficient (Wildman–Crippen LogP) is 4.01. The first-order valence-electron chi connectivity index (χ1n) is 6.08. The fourth-order valence-electron chi connectivity index (χ4n) is 1.66. The lowest BCUT2D eigenvalue weighted by atomic mass is 10.1. The second-order valence-corrected chi connectivity index (χ2v) is 6.21. The number of thiazole rings is 1. The van der Waals surface area contributed by atoms with Gasteiger partial charge in [0.1, 0.15) is 17.4 Å². The molecule has 19 heavy (non-hydrogen) atoms. The normalized spacial score (nSPS) is 12.5. The van der Waals surface area contributed by atoms with Gasteiger partial charge < -0.3 is 10.5 Å². The summed E-state index contributed by atoms with van der Waals surface area (Å²) in [6, 6.07) is 5.61. The number of nitrogens with zero attached hydrogens (tertiary/aromatic N) is 1. The van der Waals surface area contributed by atoms with Gasteiger partial charge in [-0.1, -0.05) is 17.7 Å². The molecule has 1 heterocycles. The van der Waals surface area contributed by atoms with Gasteiger partial charge in [-0.15, -0.1) is 11.3 Å². The highest BCUT2D eigenvalue weighted by Crippen LogP contribution is 2.28. The van der Waals surface area contributed by atoms with Crippen molar-refractivity contribution in [3.8, 4) is 5.75 Å². The van der Waals surface area contributed by atoms with E-state index in [0.717, 1.165) is 16.3 Å². The molecule has 0 unspecified atom stereocenters. The quantitative estimate of drug-likeness (QED) is 0.927. The Morgan fingerprint density at radius 1 is 1.42 bits per heavy atom. The molecule has 0 aliphatic heterocycles. The molecule has 0 aliphatic rings. The number of rotatable bonds is 4. The fourth-order valence-corrected chi connectivity index (χ4v) is 2.75. The molecule has 2 N–H and O–H groups in total. The molecule has 0 saturated carbocycles. The molecule has 0 fully saturated rings. The van der Waals surface area contributed by atoms with E-state index in [9.17, 15) is 0 Å². The molecule has 102 valence electrons. The Bertz CT molecular complexity index is 561. The van der Waals surface area contributed by atoms with Gasteiger partial charge in [0.25, 0.3) is 0 Å². The lowest BCUT2D eigenvalue weighted by Gasteiger charge is -2.10. The highest BCUT2D eigenvalue weighted by atomic mass is 35.5. The maximum atomic E-state index is 6.18. The van der Waals surface area contributed by atoms with E-state index in [4.69, 9.17) is 22.1 Å². The molecule has 0 spiro atoms. The van der Waals surface area contributed by atoms with Crippen LogP contribution < -0.4 is 10.5 Å². The summed E-state index contributed by atoms with van der Waals surface area (Å²) in [6.45, 7) is 6.42. The zero-order valence-electron chi connectivity index (χ0n) is 11.2. The Kier molecular flexibility index (Phi) is 4.45. The molecular formula is C14H17ClN2OS. The summed E-state index contributed by atoms with van der Waals surface area (Å²) < 4.78 is 5.70. The van der Waals surface area contributed by atoms with Crippen LogP contribution in [0.4, 0.5) is 0 Å². The molecule has 5 heteroatoms. The van der Waals surface area contributed by atoms with Gasteiger partial charge in [-0.25, -0.2) is 4.98 Å². The Balaban J connectivity index is 2.07. The van der Waals surface area contributed by atoms with Crippen molar-refractivity contribution in [1.29, 1.82) is 0 Å². The number of hydrogen-bond acceptors (Lipinski definition) is 4. The van der Waals surface area contributed by atoms with Crippen molar-refractivity contribution in [1.82, 2.24) is 4.98 Å². The van der Waals surface area contributed by atoms with Crippen LogP contribution in [0.15, 0.2) is 18.2 Å². The van der Waals surface area contributed by atoms with Crippen LogP contribution >= 0.6 is 22.9 Å². The predicted molar refractivity (Wildman–Crippen MR) is 80.0 cm³/mol. The third kappa shape index (κ3) is 3.47. The highest BCUT2D eigenvalue weighted by molar-refractivity contribution is 7.11. The number of benzene rings is 1. The molecule has 0 bridgehead atoms. The Labute approximate surface area is 122 Å². The van der Waals surface area contributed by atoms with Crippen molar-refractivity contribution in [2.24, 2.45) is 5.73 Å². The van der Waals surface area contributed by atoms with E-state index in [0.29, 0.717) is 17.4 Å². The lowest BCUT2D eigenvalue weighted by molar-refractivity contribution is 0.305. The first kappa shape index (κ1) is 14.3. The molecule has 2 aromatic rings. The Hall–Kier alpha value is -1.10. The van der Waals surface area contributed by atoms with Gasteiger partial charge in [-0.3, -0.25) is 0 Å². The van der Waals surface area contributed by atoms with Gasteiger partial charge >= 0.3 is 0 Å². The molecule has 0 radical (unpaired) electrons. The molecule has 1 atom stereocenters.